The number of hydrogen-bond acceptors (Lipinski definition) is 3. The van der Waals surface area contributed by atoms with E-state index in [1.807, 2.05) is 18.2 Å². The SMILES string of the molecule is CCCCCCCc1cccc2ccc(S(=O)(=O)[O-])cc12.[Na+]. The fourth-order valence-electron chi connectivity index (χ4n) is 2.61. The zero-order valence-corrected chi connectivity index (χ0v) is 16.2. The van der Waals surface area contributed by atoms with Crippen LogP contribution in [0.15, 0.2) is 41.3 Å². The Morgan fingerprint density at radius 1 is 1.00 bits per heavy atom. The van der Waals surface area contributed by atoms with E-state index in [9.17, 15) is 13.0 Å². The third-order valence-electron chi connectivity index (χ3n) is 3.78. The van der Waals surface area contributed by atoms with Gasteiger partial charge in [0.2, 0.25) is 0 Å². The largest absolute Gasteiger partial charge is 1.00 e. The molecule has 0 fully saturated rings. The van der Waals surface area contributed by atoms with Crippen LogP contribution < -0.4 is 29.6 Å². The van der Waals surface area contributed by atoms with Gasteiger partial charge in [0, 0.05) is 0 Å². The fourth-order valence-corrected chi connectivity index (χ4v) is 3.11. The van der Waals surface area contributed by atoms with Crippen molar-refractivity contribution in [2.75, 3.05) is 0 Å². The molecule has 0 aliphatic heterocycles. The molecule has 0 amide bonds. The van der Waals surface area contributed by atoms with Crippen LogP contribution in [0.25, 0.3) is 10.8 Å². The average Bonchev–Trinajstić information content (AvgIpc) is 2.45. The smallest absolute Gasteiger partial charge is 0.744 e. The maximum Gasteiger partial charge on any atom is 1.00 e. The first-order valence-corrected chi connectivity index (χ1v) is 8.91. The third-order valence-corrected chi connectivity index (χ3v) is 4.61. The van der Waals surface area contributed by atoms with Crippen molar-refractivity contribution in [3.63, 3.8) is 0 Å². The van der Waals surface area contributed by atoms with Crippen molar-refractivity contribution in [2.45, 2.75) is 50.3 Å². The van der Waals surface area contributed by atoms with Gasteiger partial charge in [0.05, 0.1) is 4.90 Å². The van der Waals surface area contributed by atoms with Crippen LogP contribution in [0.5, 0.6) is 0 Å². The van der Waals surface area contributed by atoms with E-state index in [0.717, 1.165) is 29.2 Å². The Kier molecular flexibility index (Phi) is 8.08. The minimum atomic E-state index is -4.39. The van der Waals surface area contributed by atoms with Crippen LogP contribution in [-0.4, -0.2) is 13.0 Å². The number of benzene rings is 2. The van der Waals surface area contributed by atoms with Gasteiger partial charge < -0.3 is 4.55 Å². The predicted octanol–water partition coefficient (Wildman–Crippen LogP) is 1.26. The molecule has 2 aromatic rings. The Labute approximate surface area is 155 Å². The molecule has 3 nitrogen and oxygen atoms in total. The van der Waals surface area contributed by atoms with Gasteiger partial charge in [-0.25, -0.2) is 8.42 Å². The van der Waals surface area contributed by atoms with Gasteiger partial charge >= 0.3 is 29.6 Å². The van der Waals surface area contributed by atoms with Crippen LogP contribution in [0, 0.1) is 0 Å². The first kappa shape index (κ1) is 19.7. The Hall–Kier alpha value is -0.390. The van der Waals surface area contributed by atoms with Crippen LogP contribution in [0.3, 0.4) is 0 Å². The molecule has 22 heavy (non-hydrogen) atoms. The van der Waals surface area contributed by atoms with Crippen molar-refractivity contribution in [3.05, 3.63) is 42.0 Å². The summed E-state index contributed by atoms with van der Waals surface area (Å²) in [7, 11) is -4.39. The van der Waals surface area contributed by atoms with Crippen LogP contribution >= 0.6 is 0 Å². The molecule has 0 atom stereocenters. The van der Waals surface area contributed by atoms with Crippen molar-refractivity contribution in [1.82, 2.24) is 0 Å². The van der Waals surface area contributed by atoms with Gasteiger partial charge in [-0.2, -0.15) is 0 Å². The van der Waals surface area contributed by atoms with Gasteiger partial charge in [0.15, 0.2) is 0 Å². The Bertz CT molecular complexity index is 711. The first-order chi connectivity index (χ1) is 10.0. The van der Waals surface area contributed by atoms with E-state index in [2.05, 4.69) is 6.92 Å². The summed E-state index contributed by atoms with van der Waals surface area (Å²) in [6, 6.07) is 10.5. The van der Waals surface area contributed by atoms with E-state index in [4.69, 9.17) is 0 Å². The number of fused-ring (bicyclic) bond motifs is 1. The fraction of sp³-hybridized carbons (Fsp3) is 0.412. The summed E-state index contributed by atoms with van der Waals surface area (Å²) >= 11 is 0. The second kappa shape index (κ2) is 9.04. The van der Waals surface area contributed by atoms with E-state index in [0.29, 0.717) is 0 Å². The van der Waals surface area contributed by atoms with Crippen molar-refractivity contribution in [3.8, 4) is 0 Å². The van der Waals surface area contributed by atoms with Gasteiger partial charge in [-0.1, -0.05) is 56.9 Å². The van der Waals surface area contributed by atoms with Crippen LogP contribution in [-0.2, 0) is 16.5 Å². The molecule has 0 N–H and O–H groups in total. The van der Waals surface area contributed by atoms with Crippen LogP contribution in [0.1, 0.15) is 44.6 Å². The molecule has 0 radical (unpaired) electrons. The zero-order valence-electron chi connectivity index (χ0n) is 13.3. The number of rotatable bonds is 7. The first-order valence-electron chi connectivity index (χ1n) is 7.50. The Morgan fingerprint density at radius 3 is 2.41 bits per heavy atom. The summed E-state index contributed by atoms with van der Waals surface area (Å²) < 4.78 is 33.5. The van der Waals surface area contributed by atoms with Gasteiger partial charge in [-0.3, -0.25) is 0 Å². The maximum absolute atomic E-state index is 11.2. The van der Waals surface area contributed by atoms with Crippen molar-refractivity contribution in [1.29, 1.82) is 0 Å². The molecule has 0 heterocycles. The molecule has 0 aromatic heterocycles. The Morgan fingerprint density at radius 2 is 1.73 bits per heavy atom. The van der Waals surface area contributed by atoms with Crippen molar-refractivity contribution < 1.29 is 42.5 Å². The molecule has 0 aliphatic carbocycles. The Balaban J connectivity index is 0.00000242. The molecular weight excluding hydrogens is 307 g/mol. The van der Waals surface area contributed by atoms with E-state index in [1.165, 1.54) is 37.8 Å². The van der Waals surface area contributed by atoms with Gasteiger partial charge in [0.25, 0.3) is 0 Å². The van der Waals surface area contributed by atoms with Gasteiger partial charge in [0.1, 0.15) is 10.1 Å². The molecule has 114 valence electrons. The normalized spacial score (nSPS) is 11.4. The van der Waals surface area contributed by atoms with Crippen LogP contribution in [0.4, 0.5) is 0 Å². The van der Waals surface area contributed by atoms with E-state index < -0.39 is 10.1 Å². The maximum atomic E-state index is 11.2. The number of aryl methyl sites for hydroxylation is 1. The van der Waals surface area contributed by atoms with Gasteiger partial charge in [-0.15, -0.1) is 0 Å². The summed E-state index contributed by atoms with van der Waals surface area (Å²) in [6.45, 7) is 2.19. The number of unbranched alkanes of at least 4 members (excludes halogenated alkanes) is 4. The minimum absolute atomic E-state index is 0. The minimum Gasteiger partial charge on any atom is -0.744 e. The van der Waals surface area contributed by atoms with Crippen molar-refractivity contribution >= 4 is 20.9 Å². The molecule has 0 aliphatic rings. The van der Waals surface area contributed by atoms with E-state index >= 15 is 0 Å². The predicted molar refractivity (Wildman–Crippen MR) is 84.4 cm³/mol. The molecule has 0 bridgehead atoms. The average molecular weight is 328 g/mol. The molecule has 5 heteroatoms. The number of hydrogen-bond donors (Lipinski definition) is 0. The van der Waals surface area contributed by atoms with Gasteiger partial charge in [-0.05, 0) is 41.3 Å². The zero-order chi connectivity index (χ0) is 15.3. The van der Waals surface area contributed by atoms with E-state index in [-0.39, 0.29) is 34.5 Å². The standard InChI is InChI=1S/C17H22O3S.Na/c1-2-3-4-5-6-8-14-9-7-10-15-11-12-16(13-17(14)15)21(18,19)20;/h7,9-13H,2-6,8H2,1H3,(H,18,19,20);/q;+1/p-1. The molecule has 0 spiro atoms. The summed E-state index contributed by atoms with van der Waals surface area (Å²) in [4.78, 5) is -0.145. The van der Waals surface area contributed by atoms with E-state index in [1.54, 1.807) is 6.07 Å². The monoisotopic (exact) mass is 328 g/mol. The quantitative estimate of drug-likeness (QED) is 0.437. The molecule has 2 aromatic carbocycles. The molecular formula is C17H21NaO3S. The summed E-state index contributed by atoms with van der Waals surface area (Å²) in [5.74, 6) is 0. The second-order valence-electron chi connectivity index (χ2n) is 5.42. The molecule has 2 rings (SSSR count). The molecule has 0 saturated heterocycles. The topological polar surface area (TPSA) is 57.2 Å². The van der Waals surface area contributed by atoms with Crippen LogP contribution in [0.2, 0.25) is 0 Å². The third kappa shape index (κ3) is 5.36. The second-order valence-corrected chi connectivity index (χ2v) is 6.80. The molecule has 0 saturated carbocycles. The summed E-state index contributed by atoms with van der Waals surface area (Å²) in [6.07, 6.45) is 6.91. The molecule has 0 unspecified atom stereocenters. The van der Waals surface area contributed by atoms with Crippen molar-refractivity contribution in [2.24, 2.45) is 0 Å². The summed E-state index contributed by atoms with van der Waals surface area (Å²) in [5, 5.41) is 1.86. The summed E-state index contributed by atoms with van der Waals surface area (Å²) in [5.41, 5.74) is 1.12.